The van der Waals surface area contributed by atoms with Gasteiger partial charge in [-0.3, -0.25) is 4.79 Å². The van der Waals surface area contributed by atoms with Crippen LogP contribution < -0.4 is 4.90 Å². The summed E-state index contributed by atoms with van der Waals surface area (Å²) in [5, 5.41) is 8.94. The predicted octanol–water partition coefficient (Wildman–Crippen LogP) is 0.0275. The van der Waals surface area contributed by atoms with E-state index in [1.54, 1.807) is 19.3 Å². The van der Waals surface area contributed by atoms with Crippen molar-refractivity contribution in [2.75, 3.05) is 31.1 Å². The number of hydrogen-bond acceptors (Lipinski definition) is 5. The van der Waals surface area contributed by atoms with E-state index in [0.717, 1.165) is 26.1 Å². The molecule has 0 bridgehead atoms. The number of hydrogen-bond donors (Lipinski definition) is 1. The van der Waals surface area contributed by atoms with Gasteiger partial charge in [0, 0.05) is 51.1 Å². The minimum Gasteiger partial charge on any atom is -0.392 e. The Bertz CT molecular complexity index is 407. The van der Waals surface area contributed by atoms with Crippen LogP contribution in [-0.2, 0) is 11.4 Å². The lowest BCUT2D eigenvalue weighted by molar-refractivity contribution is -0.128. The van der Waals surface area contributed by atoms with E-state index in [9.17, 15) is 4.79 Å². The molecule has 0 aliphatic carbocycles. The molecule has 0 atom stereocenters. The standard InChI is InChI=1S/C12H18N4O2/c1-10(18)15-3-2-4-16(6-5-15)12-13-7-11(9-17)8-14-12/h7-8,17H,2-6,9H2,1H3. The lowest BCUT2D eigenvalue weighted by Gasteiger charge is -2.21. The van der Waals surface area contributed by atoms with Crippen LogP contribution in [0.5, 0.6) is 0 Å². The molecule has 0 radical (unpaired) electrons. The normalized spacial score (nSPS) is 16.6. The first kappa shape index (κ1) is 12.8. The number of nitrogens with zero attached hydrogens (tertiary/aromatic N) is 4. The highest BCUT2D eigenvalue weighted by Gasteiger charge is 2.17. The molecule has 0 aromatic carbocycles. The second-order valence-electron chi connectivity index (χ2n) is 4.40. The Morgan fingerprint density at radius 1 is 1.28 bits per heavy atom. The molecule has 1 aliphatic heterocycles. The number of aliphatic hydroxyl groups is 1. The summed E-state index contributed by atoms with van der Waals surface area (Å²) in [6.45, 7) is 4.65. The second kappa shape index (κ2) is 5.77. The zero-order valence-corrected chi connectivity index (χ0v) is 10.5. The van der Waals surface area contributed by atoms with Crippen LogP contribution in [0.4, 0.5) is 5.95 Å². The summed E-state index contributed by atoms with van der Waals surface area (Å²) in [5.74, 6) is 0.783. The van der Waals surface area contributed by atoms with E-state index in [4.69, 9.17) is 5.11 Å². The fourth-order valence-electron chi connectivity index (χ4n) is 2.03. The molecule has 18 heavy (non-hydrogen) atoms. The van der Waals surface area contributed by atoms with Gasteiger partial charge in [-0.1, -0.05) is 0 Å². The highest BCUT2D eigenvalue weighted by Crippen LogP contribution is 2.11. The average molecular weight is 250 g/mol. The summed E-state index contributed by atoms with van der Waals surface area (Å²) in [5.41, 5.74) is 0.707. The first-order valence-electron chi connectivity index (χ1n) is 6.13. The van der Waals surface area contributed by atoms with Gasteiger partial charge in [0.15, 0.2) is 0 Å². The smallest absolute Gasteiger partial charge is 0.225 e. The zero-order valence-electron chi connectivity index (χ0n) is 10.5. The second-order valence-corrected chi connectivity index (χ2v) is 4.40. The van der Waals surface area contributed by atoms with E-state index < -0.39 is 0 Å². The van der Waals surface area contributed by atoms with Crippen LogP contribution in [0.1, 0.15) is 18.9 Å². The van der Waals surface area contributed by atoms with Gasteiger partial charge in [0.2, 0.25) is 11.9 Å². The lowest BCUT2D eigenvalue weighted by Crippen LogP contribution is -2.34. The van der Waals surface area contributed by atoms with Gasteiger partial charge in [-0.15, -0.1) is 0 Å². The topological polar surface area (TPSA) is 69.6 Å². The van der Waals surface area contributed by atoms with Gasteiger partial charge in [-0.05, 0) is 6.42 Å². The molecule has 0 unspecified atom stereocenters. The van der Waals surface area contributed by atoms with Crippen LogP contribution in [0.3, 0.4) is 0 Å². The van der Waals surface area contributed by atoms with E-state index in [1.165, 1.54) is 0 Å². The first-order chi connectivity index (χ1) is 8.70. The molecule has 1 amide bonds. The maximum absolute atomic E-state index is 11.3. The highest BCUT2D eigenvalue weighted by molar-refractivity contribution is 5.73. The Hall–Kier alpha value is -1.69. The molecule has 98 valence electrons. The summed E-state index contributed by atoms with van der Waals surface area (Å²) < 4.78 is 0. The summed E-state index contributed by atoms with van der Waals surface area (Å²) in [4.78, 5) is 23.7. The van der Waals surface area contributed by atoms with E-state index in [0.29, 0.717) is 18.1 Å². The zero-order chi connectivity index (χ0) is 13.0. The van der Waals surface area contributed by atoms with Gasteiger partial charge in [-0.2, -0.15) is 0 Å². The van der Waals surface area contributed by atoms with Crippen molar-refractivity contribution >= 4 is 11.9 Å². The largest absolute Gasteiger partial charge is 0.392 e. The Kier molecular flexibility index (Phi) is 4.09. The van der Waals surface area contributed by atoms with Crippen molar-refractivity contribution in [2.45, 2.75) is 20.0 Å². The molecule has 1 N–H and O–H groups in total. The number of rotatable bonds is 2. The first-order valence-corrected chi connectivity index (χ1v) is 6.13. The third-order valence-corrected chi connectivity index (χ3v) is 3.10. The highest BCUT2D eigenvalue weighted by atomic mass is 16.3. The van der Waals surface area contributed by atoms with E-state index in [1.807, 2.05) is 4.90 Å². The molecule has 6 nitrogen and oxygen atoms in total. The summed E-state index contributed by atoms with van der Waals surface area (Å²) in [7, 11) is 0. The summed E-state index contributed by atoms with van der Waals surface area (Å²) in [6.07, 6.45) is 4.19. The van der Waals surface area contributed by atoms with E-state index in [2.05, 4.69) is 14.9 Å². The number of amides is 1. The van der Waals surface area contributed by atoms with E-state index in [-0.39, 0.29) is 12.5 Å². The van der Waals surface area contributed by atoms with Crippen molar-refractivity contribution in [3.8, 4) is 0 Å². The van der Waals surface area contributed by atoms with Gasteiger partial charge in [0.1, 0.15) is 0 Å². The molecule has 2 rings (SSSR count). The third kappa shape index (κ3) is 2.95. The van der Waals surface area contributed by atoms with Crippen molar-refractivity contribution in [1.29, 1.82) is 0 Å². The molecule has 1 aromatic heterocycles. The monoisotopic (exact) mass is 250 g/mol. The van der Waals surface area contributed by atoms with Crippen molar-refractivity contribution in [3.63, 3.8) is 0 Å². The van der Waals surface area contributed by atoms with Crippen molar-refractivity contribution < 1.29 is 9.90 Å². The molecule has 1 aliphatic rings. The van der Waals surface area contributed by atoms with Gasteiger partial charge >= 0.3 is 0 Å². The van der Waals surface area contributed by atoms with Crippen molar-refractivity contribution in [3.05, 3.63) is 18.0 Å². The van der Waals surface area contributed by atoms with Gasteiger partial charge < -0.3 is 14.9 Å². The number of carbonyl (C=O) groups excluding carboxylic acids is 1. The van der Waals surface area contributed by atoms with Crippen LogP contribution in [-0.4, -0.2) is 52.1 Å². The van der Waals surface area contributed by atoms with Crippen LogP contribution in [0, 0.1) is 0 Å². The number of anilines is 1. The number of aromatic nitrogens is 2. The Labute approximate surface area is 106 Å². The fourth-order valence-corrected chi connectivity index (χ4v) is 2.03. The Morgan fingerprint density at radius 3 is 2.61 bits per heavy atom. The molecule has 6 heteroatoms. The van der Waals surface area contributed by atoms with Crippen LogP contribution in [0.2, 0.25) is 0 Å². The van der Waals surface area contributed by atoms with Gasteiger partial charge in [-0.25, -0.2) is 9.97 Å². The van der Waals surface area contributed by atoms with Crippen molar-refractivity contribution in [2.24, 2.45) is 0 Å². The van der Waals surface area contributed by atoms with Crippen LogP contribution in [0.25, 0.3) is 0 Å². The lowest BCUT2D eigenvalue weighted by atomic mass is 10.3. The third-order valence-electron chi connectivity index (χ3n) is 3.10. The molecule has 2 heterocycles. The average Bonchev–Trinajstić information content (AvgIpc) is 2.64. The minimum atomic E-state index is -0.0433. The Balaban J connectivity index is 2.02. The summed E-state index contributed by atoms with van der Waals surface area (Å²) >= 11 is 0. The number of aliphatic hydroxyl groups excluding tert-OH is 1. The van der Waals surface area contributed by atoms with Gasteiger partial charge in [0.25, 0.3) is 0 Å². The maximum Gasteiger partial charge on any atom is 0.225 e. The predicted molar refractivity (Wildman–Crippen MR) is 67.0 cm³/mol. The minimum absolute atomic E-state index is 0.0433. The van der Waals surface area contributed by atoms with E-state index >= 15 is 0 Å². The number of carbonyl (C=O) groups is 1. The fraction of sp³-hybridized carbons (Fsp3) is 0.583. The molecule has 1 saturated heterocycles. The Morgan fingerprint density at radius 2 is 2.00 bits per heavy atom. The van der Waals surface area contributed by atoms with Crippen LogP contribution >= 0.6 is 0 Å². The summed E-state index contributed by atoms with van der Waals surface area (Å²) in [6, 6.07) is 0. The molecule has 0 spiro atoms. The maximum atomic E-state index is 11.3. The molecule has 1 fully saturated rings. The molecule has 1 aromatic rings. The van der Waals surface area contributed by atoms with Crippen LogP contribution in [0.15, 0.2) is 12.4 Å². The quantitative estimate of drug-likeness (QED) is 0.802. The van der Waals surface area contributed by atoms with Gasteiger partial charge in [0.05, 0.1) is 6.61 Å². The SMILES string of the molecule is CC(=O)N1CCCN(c2ncc(CO)cn2)CC1. The van der Waals surface area contributed by atoms with Crippen molar-refractivity contribution in [1.82, 2.24) is 14.9 Å². The molecular formula is C12H18N4O2. The molecular weight excluding hydrogens is 232 g/mol. The molecule has 0 saturated carbocycles.